The van der Waals surface area contributed by atoms with Gasteiger partial charge in [0.15, 0.2) is 5.03 Å². The standard InChI is InChI=1S/C15H28N4O2S/c1-4-9-19(14-5-7-16-8-6-14)22(20,21)15-11-18(12-17-15)10-13(2)3/h11-14,16H,4-10H2,1-3H3. The van der Waals surface area contributed by atoms with Crippen LogP contribution in [0.2, 0.25) is 0 Å². The first-order chi connectivity index (χ1) is 10.4. The van der Waals surface area contributed by atoms with Gasteiger partial charge in [-0.1, -0.05) is 20.8 Å². The van der Waals surface area contributed by atoms with Crippen molar-refractivity contribution in [2.45, 2.75) is 57.6 Å². The number of sulfonamides is 1. The van der Waals surface area contributed by atoms with Gasteiger partial charge in [-0.05, 0) is 38.3 Å². The van der Waals surface area contributed by atoms with Gasteiger partial charge in [0.25, 0.3) is 10.0 Å². The molecule has 0 atom stereocenters. The second-order valence-electron chi connectivity index (χ2n) is 6.40. The molecule has 0 bridgehead atoms. The van der Waals surface area contributed by atoms with E-state index >= 15 is 0 Å². The molecule has 1 aromatic heterocycles. The Morgan fingerprint density at radius 3 is 2.68 bits per heavy atom. The largest absolute Gasteiger partial charge is 0.336 e. The van der Waals surface area contributed by atoms with E-state index in [-0.39, 0.29) is 11.1 Å². The minimum atomic E-state index is -3.50. The van der Waals surface area contributed by atoms with Gasteiger partial charge in [0.05, 0.1) is 6.33 Å². The van der Waals surface area contributed by atoms with Crippen LogP contribution < -0.4 is 5.32 Å². The van der Waals surface area contributed by atoms with Crippen molar-refractivity contribution in [1.29, 1.82) is 0 Å². The third-order valence-corrected chi connectivity index (χ3v) is 5.76. The molecule has 1 aliphatic heterocycles. The zero-order valence-electron chi connectivity index (χ0n) is 13.8. The van der Waals surface area contributed by atoms with E-state index in [1.807, 2.05) is 11.5 Å². The fourth-order valence-electron chi connectivity index (χ4n) is 2.93. The fourth-order valence-corrected chi connectivity index (χ4v) is 4.64. The van der Waals surface area contributed by atoms with Crippen molar-refractivity contribution < 1.29 is 8.42 Å². The molecule has 0 saturated carbocycles. The van der Waals surface area contributed by atoms with Gasteiger partial charge in [-0.2, -0.15) is 4.31 Å². The van der Waals surface area contributed by atoms with E-state index in [1.165, 1.54) is 0 Å². The summed E-state index contributed by atoms with van der Waals surface area (Å²) in [4.78, 5) is 4.16. The summed E-state index contributed by atoms with van der Waals surface area (Å²) in [6, 6.07) is 0.0847. The Morgan fingerprint density at radius 2 is 2.09 bits per heavy atom. The van der Waals surface area contributed by atoms with Gasteiger partial charge >= 0.3 is 0 Å². The first-order valence-electron chi connectivity index (χ1n) is 8.19. The van der Waals surface area contributed by atoms with E-state index < -0.39 is 10.0 Å². The third-order valence-electron chi connectivity index (χ3n) is 3.92. The molecule has 1 fully saturated rings. The van der Waals surface area contributed by atoms with E-state index in [0.29, 0.717) is 12.5 Å². The van der Waals surface area contributed by atoms with Crippen LogP contribution in [0, 0.1) is 5.92 Å². The summed E-state index contributed by atoms with van der Waals surface area (Å²) in [6.07, 6.45) is 5.84. The molecule has 1 saturated heterocycles. The summed E-state index contributed by atoms with van der Waals surface area (Å²) >= 11 is 0. The first kappa shape index (κ1) is 17.4. The maximum Gasteiger partial charge on any atom is 0.262 e. The number of hydrogen-bond acceptors (Lipinski definition) is 4. The molecular weight excluding hydrogens is 300 g/mol. The van der Waals surface area contributed by atoms with Crippen molar-refractivity contribution in [3.05, 3.63) is 12.5 Å². The van der Waals surface area contributed by atoms with Gasteiger partial charge in [0.2, 0.25) is 0 Å². The van der Waals surface area contributed by atoms with Gasteiger partial charge in [-0.3, -0.25) is 0 Å². The molecule has 0 aromatic carbocycles. The minimum absolute atomic E-state index is 0.0847. The number of nitrogens with zero attached hydrogens (tertiary/aromatic N) is 3. The fraction of sp³-hybridized carbons (Fsp3) is 0.800. The molecule has 126 valence electrons. The van der Waals surface area contributed by atoms with Crippen LogP contribution in [0.25, 0.3) is 0 Å². The van der Waals surface area contributed by atoms with E-state index in [2.05, 4.69) is 24.1 Å². The summed E-state index contributed by atoms with van der Waals surface area (Å²) in [5.74, 6) is 0.459. The zero-order chi connectivity index (χ0) is 16.2. The highest BCUT2D eigenvalue weighted by molar-refractivity contribution is 7.89. The zero-order valence-corrected chi connectivity index (χ0v) is 14.6. The van der Waals surface area contributed by atoms with Crippen LogP contribution in [0.3, 0.4) is 0 Å². The molecule has 0 radical (unpaired) electrons. The Kier molecular flexibility index (Phi) is 6.00. The van der Waals surface area contributed by atoms with Crippen LogP contribution >= 0.6 is 0 Å². The summed E-state index contributed by atoms with van der Waals surface area (Å²) in [6.45, 7) is 9.32. The number of hydrogen-bond donors (Lipinski definition) is 1. The van der Waals surface area contributed by atoms with Crippen LogP contribution in [-0.4, -0.2) is 48.0 Å². The molecule has 22 heavy (non-hydrogen) atoms. The summed E-state index contributed by atoms with van der Waals surface area (Å²) < 4.78 is 29.4. The first-order valence-corrected chi connectivity index (χ1v) is 9.63. The highest BCUT2D eigenvalue weighted by atomic mass is 32.2. The lowest BCUT2D eigenvalue weighted by atomic mass is 10.1. The number of rotatable bonds is 7. The van der Waals surface area contributed by atoms with Crippen LogP contribution in [-0.2, 0) is 16.6 Å². The number of piperidine rings is 1. The van der Waals surface area contributed by atoms with Gasteiger partial charge < -0.3 is 9.88 Å². The molecule has 6 nitrogen and oxygen atoms in total. The number of nitrogens with one attached hydrogen (secondary N) is 1. The van der Waals surface area contributed by atoms with Crippen molar-refractivity contribution >= 4 is 10.0 Å². The summed E-state index contributed by atoms with van der Waals surface area (Å²) in [7, 11) is -3.50. The minimum Gasteiger partial charge on any atom is -0.336 e. The van der Waals surface area contributed by atoms with Crippen LogP contribution in [0.15, 0.2) is 17.6 Å². The maximum absolute atomic E-state index is 13.0. The Labute approximate surface area is 134 Å². The van der Waals surface area contributed by atoms with Gasteiger partial charge in [0, 0.05) is 25.3 Å². The second kappa shape index (κ2) is 7.57. The highest BCUT2D eigenvalue weighted by Gasteiger charge is 2.33. The van der Waals surface area contributed by atoms with Crippen molar-refractivity contribution in [1.82, 2.24) is 19.2 Å². The lowest BCUT2D eigenvalue weighted by Gasteiger charge is -2.32. The predicted octanol–water partition coefficient (Wildman–Crippen LogP) is 1.69. The summed E-state index contributed by atoms with van der Waals surface area (Å²) in [5, 5.41) is 3.47. The monoisotopic (exact) mass is 328 g/mol. The molecule has 0 aliphatic carbocycles. The maximum atomic E-state index is 13.0. The van der Waals surface area contributed by atoms with Crippen LogP contribution in [0.4, 0.5) is 0 Å². The number of aromatic nitrogens is 2. The SMILES string of the molecule is CCCN(C1CCNCC1)S(=O)(=O)c1cn(CC(C)C)cn1. The predicted molar refractivity (Wildman–Crippen MR) is 87.1 cm³/mol. The van der Waals surface area contributed by atoms with Crippen molar-refractivity contribution in [2.24, 2.45) is 5.92 Å². The third kappa shape index (κ3) is 4.08. The molecule has 0 amide bonds. The number of imidazole rings is 1. The van der Waals surface area contributed by atoms with Crippen LogP contribution in [0.5, 0.6) is 0 Å². The molecule has 7 heteroatoms. The van der Waals surface area contributed by atoms with Crippen molar-refractivity contribution in [2.75, 3.05) is 19.6 Å². The molecular formula is C15H28N4O2S. The van der Waals surface area contributed by atoms with E-state index in [9.17, 15) is 8.42 Å². The Morgan fingerprint density at radius 1 is 1.41 bits per heavy atom. The quantitative estimate of drug-likeness (QED) is 0.827. The van der Waals surface area contributed by atoms with Gasteiger partial charge in [-0.25, -0.2) is 13.4 Å². The molecule has 0 unspecified atom stereocenters. The smallest absolute Gasteiger partial charge is 0.262 e. The van der Waals surface area contributed by atoms with Gasteiger partial charge in [0.1, 0.15) is 0 Å². The highest BCUT2D eigenvalue weighted by Crippen LogP contribution is 2.22. The van der Waals surface area contributed by atoms with Crippen molar-refractivity contribution in [3.8, 4) is 0 Å². The second-order valence-corrected chi connectivity index (χ2v) is 8.24. The Hall–Kier alpha value is -0.920. The molecule has 0 spiro atoms. The molecule has 2 heterocycles. The van der Waals surface area contributed by atoms with E-state index in [0.717, 1.165) is 38.9 Å². The molecule has 1 N–H and O–H groups in total. The average molecular weight is 328 g/mol. The lowest BCUT2D eigenvalue weighted by Crippen LogP contribution is -2.46. The lowest BCUT2D eigenvalue weighted by molar-refractivity contribution is 0.261. The Balaban J connectivity index is 2.22. The average Bonchev–Trinajstić information content (AvgIpc) is 2.94. The molecule has 2 rings (SSSR count). The topological polar surface area (TPSA) is 67.2 Å². The summed E-state index contributed by atoms with van der Waals surface area (Å²) in [5.41, 5.74) is 0. The van der Waals surface area contributed by atoms with Crippen LogP contribution in [0.1, 0.15) is 40.0 Å². The molecule has 1 aromatic rings. The Bertz CT molecular complexity index is 562. The molecule has 1 aliphatic rings. The van der Waals surface area contributed by atoms with Crippen molar-refractivity contribution in [3.63, 3.8) is 0 Å². The van der Waals surface area contributed by atoms with E-state index in [1.54, 1.807) is 16.8 Å². The van der Waals surface area contributed by atoms with Gasteiger partial charge in [-0.15, -0.1) is 0 Å². The van der Waals surface area contributed by atoms with E-state index in [4.69, 9.17) is 0 Å². The normalized spacial score (nSPS) is 17.5.